The van der Waals surface area contributed by atoms with Crippen molar-refractivity contribution >= 4 is 0 Å². The van der Waals surface area contributed by atoms with Gasteiger partial charge >= 0.3 is 0 Å². The van der Waals surface area contributed by atoms with Crippen LogP contribution in [-0.4, -0.2) is 22.4 Å². The summed E-state index contributed by atoms with van der Waals surface area (Å²) in [6, 6.07) is 0. The van der Waals surface area contributed by atoms with Gasteiger partial charge in [0.25, 0.3) is 0 Å². The average Bonchev–Trinajstić information content (AvgIpc) is 2.23. The van der Waals surface area contributed by atoms with Crippen LogP contribution in [0.25, 0.3) is 0 Å². The van der Waals surface area contributed by atoms with E-state index in [4.69, 9.17) is 5.11 Å². The van der Waals surface area contributed by atoms with E-state index in [1.165, 1.54) is 32.1 Å². The van der Waals surface area contributed by atoms with Crippen LogP contribution in [-0.2, 0) is 0 Å². The van der Waals surface area contributed by atoms with Gasteiger partial charge in [-0.3, -0.25) is 0 Å². The van der Waals surface area contributed by atoms with E-state index < -0.39 is 5.60 Å². The quantitative estimate of drug-likeness (QED) is 0.621. The predicted octanol–water partition coefficient (Wildman–Crippen LogP) is 3.12. The van der Waals surface area contributed by atoms with Gasteiger partial charge in [0.1, 0.15) is 0 Å². The number of unbranched alkanes of at least 4 members (excludes halogenated alkanes) is 1. The van der Waals surface area contributed by atoms with Crippen molar-refractivity contribution in [2.24, 2.45) is 5.92 Å². The number of hydrogen-bond acceptors (Lipinski definition) is 2. The van der Waals surface area contributed by atoms with E-state index in [1.807, 2.05) is 0 Å². The maximum atomic E-state index is 9.63. The topological polar surface area (TPSA) is 40.5 Å². The second-order valence-corrected chi connectivity index (χ2v) is 4.96. The fourth-order valence-electron chi connectivity index (χ4n) is 1.90. The van der Waals surface area contributed by atoms with Gasteiger partial charge in [-0.1, -0.05) is 52.4 Å². The van der Waals surface area contributed by atoms with Crippen molar-refractivity contribution in [2.45, 2.75) is 71.3 Å². The van der Waals surface area contributed by atoms with Crippen LogP contribution >= 0.6 is 0 Å². The molecule has 2 heteroatoms. The van der Waals surface area contributed by atoms with E-state index in [1.54, 1.807) is 6.92 Å². The lowest BCUT2D eigenvalue weighted by Gasteiger charge is -2.21. The summed E-state index contributed by atoms with van der Waals surface area (Å²) in [5.74, 6) is 0.805. The molecule has 0 fully saturated rings. The molecule has 92 valence electrons. The first-order chi connectivity index (χ1) is 7.05. The maximum absolute atomic E-state index is 9.63. The SMILES string of the molecule is CCCCC(CC)CCCC(C)(O)CO. The first-order valence-electron chi connectivity index (χ1n) is 6.39. The van der Waals surface area contributed by atoms with Crippen molar-refractivity contribution in [2.75, 3.05) is 6.61 Å². The molecule has 0 aromatic rings. The Hall–Kier alpha value is -0.0800. The van der Waals surface area contributed by atoms with Crippen molar-refractivity contribution in [1.29, 1.82) is 0 Å². The lowest BCUT2D eigenvalue weighted by molar-refractivity contribution is -0.00772. The Balaban J connectivity index is 3.62. The summed E-state index contributed by atoms with van der Waals surface area (Å²) in [6.45, 7) is 6.05. The van der Waals surface area contributed by atoms with Crippen LogP contribution in [0.2, 0.25) is 0 Å². The Morgan fingerprint density at radius 2 is 1.73 bits per heavy atom. The standard InChI is InChI=1S/C13H28O2/c1-4-6-8-12(5-2)9-7-10-13(3,15)11-14/h12,14-15H,4-11H2,1-3H3. The van der Waals surface area contributed by atoms with Crippen LogP contribution in [0.3, 0.4) is 0 Å². The molecule has 0 aliphatic carbocycles. The summed E-state index contributed by atoms with van der Waals surface area (Å²) in [6.07, 6.45) is 8.06. The molecule has 0 heterocycles. The third-order valence-electron chi connectivity index (χ3n) is 3.21. The Labute approximate surface area is 94.7 Å². The fourth-order valence-corrected chi connectivity index (χ4v) is 1.90. The molecule has 0 aromatic carbocycles. The molecule has 0 amide bonds. The minimum atomic E-state index is -0.872. The molecule has 0 aliphatic rings. The van der Waals surface area contributed by atoms with E-state index in [0.717, 1.165) is 12.3 Å². The monoisotopic (exact) mass is 216 g/mol. The molecule has 0 aromatic heterocycles. The number of rotatable bonds is 9. The van der Waals surface area contributed by atoms with E-state index in [-0.39, 0.29) is 6.61 Å². The first-order valence-corrected chi connectivity index (χ1v) is 6.39. The van der Waals surface area contributed by atoms with Crippen molar-refractivity contribution in [1.82, 2.24) is 0 Å². The third kappa shape index (κ3) is 7.80. The normalized spacial score (nSPS) is 17.4. The van der Waals surface area contributed by atoms with Gasteiger partial charge in [0.2, 0.25) is 0 Å². The van der Waals surface area contributed by atoms with E-state index in [0.29, 0.717) is 6.42 Å². The van der Waals surface area contributed by atoms with Gasteiger partial charge in [0.15, 0.2) is 0 Å². The Morgan fingerprint density at radius 3 is 2.20 bits per heavy atom. The molecular weight excluding hydrogens is 188 g/mol. The maximum Gasteiger partial charge on any atom is 0.0849 e. The van der Waals surface area contributed by atoms with Gasteiger partial charge < -0.3 is 10.2 Å². The predicted molar refractivity (Wildman–Crippen MR) is 64.9 cm³/mol. The molecule has 2 atom stereocenters. The summed E-state index contributed by atoms with van der Waals surface area (Å²) < 4.78 is 0. The Kier molecular flexibility index (Phi) is 8.07. The van der Waals surface area contributed by atoms with Crippen LogP contribution in [0.1, 0.15) is 65.7 Å². The molecule has 2 nitrogen and oxygen atoms in total. The van der Waals surface area contributed by atoms with Crippen molar-refractivity contribution in [3.63, 3.8) is 0 Å². The molecule has 0 aliphatic heterocycles. The van der Waals surface area contributed by atoms with Gasteiger partial charge in [0, 0.05) is 0 Å². The lowest BCUT2D eigenvalue weighted by atomic mass is 9.90. The summed E-state index contributed by atoms with van der Waals surface area (Å²) in [7, 11) is 0. The second kappa shape index (κ2) is 8.12. The summed E-state index contributed by atoms with van der Waals surface area (Å²) in [4.78, 5) is 0. The molecular formula is C13H28O2. The molecule has 2 unspecified atom stereocenters. The zero-order chi connectivity index (χ0) is 11.7. The summed E-state index contributed by atoms with van der Waals surface area (Å²) in [5, 5.41) is 18.5. The highest BCUT2D eigenvalue weighted by molar-refractivity contribution is 4.71. The number of hydrogen-bond donors (Lipinski definition) is 2. The first kappa shape index (κ1) is 14.9. The molecule has 0 spiro atoms. The largest absolute Gasteiger partial charge is 0.393 e. The van der Waals surface area contributed by atoms with Gasteiger partial charge in [0.05, 0.1) is 12.2 Å². The Bertz CT molecular complexity index is 143. The highest BCUT2D eigenvalue weighted by Crippen LogP contribution is 2.22. The fraction of sp³-hybridized carbons (Fsp3) is 1.00. The summed E-state index contributed by atoms with van der Waals surface area (Å²) in [5.41, 5.74) is -0.872. The van der Waals surface area contributed by atoms with Gasteiger partial charge in [-0.15, -0.1) is 0 Å². The van der Waals surface area contributed by atoms with E-state index in [9.17, 15) is 5.11 Å². The zero-order valence-corrected chi connectivity index (χ0v) is 10.6. The molecule has 2 N–H and O–H groups in total. The molecule has 0 radical (unpaired) electrons. The van der Waals surface area contributed by atoms with Gasteiger partial charge in [-0.05, 0) is 19.3 Å². The van der Waals surface area contributed by atoms with Crippen molar-refractivity contribution in [3.8, 4) is 0 Å². The zero-order valence-electron chi connectivity index (χ0n) is 10.6. The molecule has 0 saturated carbocycles. The highest BCUT2D eigenvalue weighted by Gasteiger charge is 2.18. The van der Waals surface area contributed by atoms with Crippen molar-refractivity contribution in [3.05, 3.63) is 0 Å². The van der Waals surface area contributed by atoms with Crippen LogP contribution < -0.4 is 0 Å². The molecule has 0 bridgehead atoms. The number of aliphatic hydroxyl groups excluding tert-OH is 1. The minimum absolute atomic E-state index is 0.126. The smallest absolute Gasteiger partial charge is 0.0849 e. The second-order valence-electron chi connectivity index (χ2n) is 4.96. The molecule has 0 rings (SSSR count). The Morgan fingerprint density at radius 1 is 1.13 bits per heavy atom. The van der Waals surface area contributed by atoms with Gasteiger partial charge in [-0.25, -0.2) is 0 Å². The lowest BCUT2D eigenvalue weighted by Crippen LogP contribution is -2.28. The number of aliphatic hydroxyl groups is 2. The summed E-state index contributed by atoms with van der Waals surface area (Å²) >= 11 is 0. The van der Waals surface area contributed by atoms with Crippen LogP contribution in [0, 0.1) is 5.92 Å². The average molecular weight is 216 g/mol. The van der Waals surface area contributed by atoms with Crippen LogP contribution in [0.4, 0.5) is 0 Å². The van der Waals surface area contributed by atoms with E-state index >= 15 is 0 Å². The van der Waals surface area contributed by atoms with Crippen LogP contribution in [0.5, 0.6) is 0 Å². The van der Waals surface area contributed by atoms with Crippen LogP contribution in [0.15, 0.2) is 0 Å². The molecule has 0 saturated heterocycles. The van der Waals surface area contributed by atoms with Crippen molar-refractivity contribution < 1.29 is 10.2 Å². The minimum Gasteiger partial charge on any atom is -0.393 e. The third-order valence-corrected chi connectivity index (χ3v) is 3.21. The van der Waals surface area contributed by atoms with Gasteiger partial charge in [-0.2, -0.15) is 0 Å². The highest BCUT2D eigenvalue weighted by atomic mass is 16.3. The van der Waals surface area contributed by atoms with E-state index in [2.05, 4.69) is 13.8 Å². The molecule has 15 heavy (non-hydrogen) atoms.